The lowest BCUT2D eigenvalue weighted by Crippen LogP contribution is -2.62. The molecule has 3 rings (SSSR count). The molecule has 3 aliphatic heterocycles. The van der Waals surface area contributed by atoms with Crippen LogP contribution in [0.2, 0.25) is 0 Å². The Kier molecular flexibility index (Phi) is 6.71. The number of ether oxygens (including phenoxy) is 1. The summed E-state index contributed by atoms with van der Waals surface area (Å²) in [6, 6.07) is -1.47. The standard InChI is InChI=1S/C26H45N3O5/c1-14(2)16(12-30)29-19(21(32)28-24(7,8)13-23(4,5)6)26-11-15(3)25(9,34-26)17(20(31)27-10)18(26)22(29)33/h14-19,30H,11-13H2,1-10H3,(H,27,31)(H,28,32)/t15?,16-,17+,18-,19?,25-,26?/m0/s1. The Bertz CT molecular complexity index is 850. The number of fused-ring (bicyclic) bond motifs is 1. The largest absolute Gasteiger partial charge is 0.394 e. The summed E-state index contributed by atoms with van der Waals surface area (Å²) in [6.45, 7) is 17.9. The first-order chi connectivity index (χ1) is 15.5. The molecule has 0 aromatic rings. The second kappa shape index (κ2) is 8.47. The van der Waals surface area contributed by atoms with Crippen molar-refractivity contribution in [3.63, 3.8) is 0 Å². The monoisotopic (exact) mass is 479 g/mol. The Hall–Kier alpha value is -1.67. The Morgan fingerprint density at radius 1 is 1.21 bits per heavy atom. The number of aliphatic hydroxyl groups is 1. The maximum Gasteiger partial charge on any atom is 0.246 e. The molecule has 1 spiro atoms. The summed E-state index contributed by atoms with van der Waals surface area (Å²) >= 11 is 0. The van der Waals surface area contributed by atoms with Gasteiger partial charge in [-0.1, -0.05) is 41.5 Å². The highest BCUT2D eigenvalue weighted by molar-refractivity contribution is 5.99. The molecule has 3 unspecified atom stereocenters. The van der Waals surface area contributed by atoms with Crippen molar-refractivity contribution in [2.45, 2.75) is 104 Å². The van der Waals surface area contributed by atoms with Crippen molar-refractivity contribution in [1.29, 1.82) is 0 Å². The number of carbonyl (C=O) groups is 3. The Morgan fingerprint density at radius 2 is 1.79 bits per heavy atom. The van der Waals surface area contributed by atoms with Gasteiger partial charge in [0, 0.05) is 12.6 Å². The van der Waals surface area contributed by atoms with E-state index in [1.54, 1.807) is 11.9 Å². The molecule has 3 amide bonds. The molecule has 2 bridgehead atoms. The molecule has 7 atom stereocenters. The maximum atomic E-state index is 14.1. The summed E-state index contributed by atoms with van der Waals surface area (Å²) < 4.78 is 6.68. The first-order valence-electron chi connectivity index (χ1n) is 12.6. The smallest absolute Gasteiger partial charge is 0.246 e. The predicted octanol–water partition coefficient (Wildman–Crippen LogP) is 2.09. The van der Waals surface area contributed by atoms with Crippen LogP contribution in [0.15, 0.2) is 0 Å². The number of rotatable bonds is 7. The summed E-state index contributed by atoms with van der Waals surface area (Å²) in [5, 5.41) is 16.2. The minimum Gasteiger partial charge on any atom is -0.394 e. The lowest BCUT2D eigenvalue weighted by Gasteiger charge is -2.41. The molecule has 8 nitrogen and oxygen atoms in total. The van der Waals surface area contributed by atoms with Crippen molar-refractivity contribution in [2.24, 2.45) is 29.1 Å². The molecule has 3 saturated heterocycles. The van der Waals surface area contributed by atoms with Gasteiger partial charge < -0.3 is 25.4 Å². The molecule has 8 heteroatoms. The van der Waals surface area contributed by atoms with Crippen LogP contribution in [0.3, 0.4) is 0 Å². The van der Waals surface area contributed by atoms with Crippen LogP contribution in [-0.2, 0) is 19.1 Å². The summed E-state index contributed by atoms with van der Waals surface area (Å²) in [6.07, 6.45) is 1.25. The van der Waals surface area contributed by atoms with E-state index in [0.717, 1.165) is 6.42 Å². The van der Waals surface area contributed by atoms with Gasteiger partial charge in [-0.05, 0) is 50.9 Å². The third-order valence-corrected chi connectivity index (χ3v) is 8.28. The SMILES string of the molecule is CNC(=O)[C@H]1[C@H]2C(=O)N([C@@H](CO)C(C)C)C(C(=O)NC(C)(C)CC(C)(C)C)C23CC(C)[C@]1(C)O3. The summed E-state index contributed by atoms with van der Waals surface area (Å²) in [7, 11) is 1.57. The second-order valence-electron chi connectivity index (χ2n) is 13.2. The zero-order valence-corrected chi connectivity index (χ0v) is 22.6. The summed E-state index contributed by atoms with van der Waals surface area (Å²) in [5.74, 6) is -2.34. The van der Waals surface area contributed by atoms with E-state index in [4.69, 9.17) is 4.74 Å². The van der Waals surface area contributed by atoms with E-state index >= 15 is 0 Å². The number of nitrogens with zero attached hydrogens (tertiary/aromatic N) is 1. The van der Waals surface area contributed by atoms with E-state index in [9.17, 15) is 19.5 Å². The molecule has 3 N–H and O–H groups in total. The topological polar surface area (TPSA) is 108 Å². The van der Waals surface area contributed by atoms with E-state index in [2.05, 4.69) is 31.4 Å². The molecule has 0 radical (unpaired) electrons. The number of carbonyl (C=O) groups excluding carboxylic acids is 3. The Morgan fingerprint density at radius 3 is 2.26 bits per heavy atom. The zero-order valence-electron chi connectivity index (χ0n) is 22.6. The van der Waals surface area contributed by atoms with Gasteiger partial charge in [0.1, 0.15) is 11.6 Å². The lowest BCUT2D eigenvalue weighted by molar-refractivity contribution is -0.152. The minimum absolute atomic E-state index is 0.0108. The minimum atomic E-state index is -1.10. The van der Waals surface area contributed by atoms with Gasteiger partial charge in [-0.15, -0.1) is 0 Å². The van der Waals surface area contributed by atoms with Crippen molar-refractivity contribution in [3.05, 3.63) is 0 Å². The van der Waals surface area contributed by atoms with E-state index in [0.29, 0.717) is 6.42 Å². The molecule has 3 aliphatic rings. The van der Waals surface area contributed by atoms with Gasteiger partial charge in [0.2, 0.25) is 17.7 Å². The molecule has 3 fully saturated rings. The molecule has 0 aromatic carbocycles. The number of hydrogen-bond acceptors (Lipinski definition) is 5. The van der Waals surface area contributed by atoms with E-state index in [1.165, 1.54) is 0 Å². The Labute approximate surface area is 204 Å². The molecular formula is C26H45N3O5. The highest BCUT2D eigenvalue weighted by atomic mass is 16.5. The van der Waals surface area contributed by atoms with Crippen molar-refractivity contribution in [2.75, 3.05) is 13.7 Å². The molecule has 0 aliphatic carbocycles. The van der Waals surface area contributed by atoms with Gasteiger partial charge in [-0.3, -0.25) is 14.4 Å². The second-order valence-corrected chi connectivity index (χ2v) is 13.2. The van der Waals surface area contributed by atoms with Gasteiger partial charge in [-0.25, -0.2) is 0 Å². The van der Waals surface area contributed by atoms with Crippen LogP contribution in [0.25, 0.3) is 0 Å². The van der Waals surface area contributed by atoms with Gasteiger partial charge in [-0.2, -0.15) is 0 Å². The number of aliphatic hydroxyl groups excluding tert-OH is 1. The first-order valence-corrected chi connectivity index (χ1v) is 12.6. The Balaban J connectivity index is 2.12. The van der Waals surface area contributed by atoms with Crippen molar-refractivity contribution in [1.82, 2.24) is 15.5 Å². The molecule has 0 aromatic heterocycles. The van der Waals surface area contributed by atoms with E-state index in [-0.39, 0.29) is 41.6 Å². The van der Waals surface area contributed by atoms with Crippen LogP contribution in [0, 0.1) is 29.1 Å². The predicted molar refractivity (Wildman–Crippen MR) is 130 cm³/mol. The fraction of sp³-hybridized carbons (Fsp3) is 0.885. The number of likely N-dealkylation sites (tertiary alicyclic amines) is 1. The van der Waals surface area contributed by atoms with Gasteiger partial charge in [0.25, 0.3) is 0 Å². The normalized spacial score (nSPS) is 36.1. The fourth-order valence-corrected chi connectivity index (χ4v) is 7.28. The van der Waals surface area contributed by atoms with Crippen LogP contribution in [-0.4, -0.2) is 70.2 Å². The highest BCUT2D eigenvalue weighted by Crippen LogP contribution is 2.65. The van der Waals surface area contributed by atoms with Crippen molar-refractivity contribution < 1.29 is 24.2 Å². The molecule has 3 heterocycles. The van der Waals surface area contributed by atoms with Crippen LogP contribution in [0.4, 0.5) is 0 Å². The molecule has 0 saturated carbocycles. The van der Waals surface area contributed by atoms with Gasteiger partial charge >= 0.3 is 0 Å². The molecule has 34 heavy (non-hydrogen) atoms. The van der Waals surface area contributed by atoms with Crippen LogP contribution >= 0.6 is 0 Å². The van der Waals surface area contributed by atoms with Crippen LogP contribution in [0.1, 0.15) is 75.2 Å². The average molecular weight is 480 g/mol. The summed E-state index contributed by atoms with van der Waals surface area (Å²) in [5.41, 5.74) is -2.47. The van der Waals surface area contributed by atoms with E-state index in [1.807, 2.05) is 41.5 Å². The molecule has 194 valence electrons. The third-order valence-electron chi connectivity index (χ3n) is 8.28. The number of amides is 3. The van der Waals surface area contributed by atoms with Crippen molar-refractivity contribution in [3.8, 4) is 0 Å². The lowest BCUT2D eigenvalue weighted by atomic mass is 9.62. The third kappa shape index (κ3) is 4.04. The fourth-order valence-electron chi connectivity index (χ4n) is 7.28. The van der Waals surface area contributed by atoms with Crippen molar-refractivity contribution >= 4 is 17.7 Å². The van der Waals surface area contributed by atoms with Crippen LogP contribution < -0.4 is 10.6 Å². The zero-order chi connectivity index (χ0) is 26.0. The van der Waals surface area contributed by atoms with E-state index < -0.39 is 40.7 Å². The van der Waals surface area contributed by atoms with Crippen LogP contribution in [0.5, 0.6) is 0 Å². The first kappa shape index (κ1) is 26.9. The van der Waals surface area contributed by atoms with Gasteiger partial charge in [0.15, 0.2) is 0 Å². The number of hydrogen-bond donors (Lipinski definition) is 3. The highest BCUT2D eigenvalue weighted by Gasteiger charge is 2.80. The van der Waals surface area contributed by atoms with Gasteiger partial charge in [0.05, 0.1) is 30.1 Å². The number of nitrogens with one attached hydrogen (secondary N) is 2. The maximum absolute atomic E-state index is 14.1. The quantitative estimate of drug-likeness (QED) is 0.518. The summed E-state index contributed by atoms with van der Waals surface area (Å²) in [4.78, 5) is 42.7. The average Bonchev–Trinajstić information content (AvgIpc) is 3.17. The molecular weight excluding hydrogens is 434 g/mol.